The van der Waals surface area contributed by atoms with Crippen LogP contribution in [0.5, 0.6) is 5.75 Å². The molecule has 10 heteroatoms. The van der Waals surface area contributed by atoms with Crippen LogP contribution in [-0.2, 0) is 6.18 Å². The summed E-state index contributed by atoms with van der Waals surface area (Å²) in [5.74, 6) is 0.0189. The third-order valence-electron chi connectivity index (χ3n) is 3.90. The summed E-state index contributed by atoms with van der Waals surface area (Å²) in [5.41, 5.74) is -0.839. The van der Waals surface area contributed by atoms with Gasteiger partial charge in [-0.25, -0.2) is 0 Å². The number of rotatable bonds is 5. The van der Waals surface area contributed by atoms with E-state index in [0.717, 1.165) is 28.4 Å². The summed E-state index contributed by atoms with van der Waals surface area (Å²) in [5, 5.41) is 21.2. The van der Waals surface area contributed by atoms with Gasteiger partial charge in [0.25, 0.3) is 5.69 Å². The molecule has 0 saturated carbocycles. The van der Waals surface area contributed by atoms with Crippen molar-refractivity contribution >= 4 is 45.3 Å². The molecule has 0 aliphatic carbocycles. The van der Waals surface area contributed by atoms with Crippen molar-refractivity contribution in [1.29, 1.82) is 0 Å². The van der Waals surface area contributed by atoms with Gasteiger partial charge in [0.15, 0.2) is 0 Å². The molecular formula is C20H12BrF3N2O3S. The SMILES string of the molecule is O=[N+]([O-])c1cc(C(F)(F)F)ccc1Sc1ccccc1N=Cc1cc(Br)ccc1O. The number of halogens is 4. The highest BCUT2D eigenvalue weighted by molar-refractivity contribution is 9.10. The van der Waals surface area contributed by atoms with Crippen LogP contribution in [0.1, 0.15) is 11.1 Å². The quantitative estimate of drug-likeness (QED) is 0.234. The summed E-state index contributed by atoms with van der Waals surface area (Å²) < 4.78 is 39.5. The minimum Gasteiger partial charge on any atom is -0.507 e. The van der Waals surface area contributed by atoms with Crippen molar-refractivity contribution < 1.29 is 23.2 Å². The number of nitro benzene ring substituents is 1. The Bertz CT molecular complexity index is 1140. The van der Waals surface area contributed by atoms with Crippen molar-refractivity contribution in [2.45, 2.75) is 16.0 Å². The largest absolute Gasteiger partial charge is 0.507 e. The number of nitro groups is 1. The molecule has 5 nitrogen and oxygen atoms in total. The Labute approximate surface area is 181 Å². The fraction of sp³-hybridized carbons (Fsp3) is 0.0500. The van der Waals surface area contributed by atoms with Crippen LogP contribution < -0.4 is 0 Å². The van der Waals surface area contributed by atoms with Crippen LogP contribution in [0.4, 0.5) is 24.5 Å². The number of phenols is 1. The highest BCUT2D eigenvalue weighted by Gasteiger charge is 2.33. The van der Waals surface area contributed by atoms with Crippen LogP contribution in [0.2, 0.25) is 0 Å². The standard InChI is InChI=1S/C20H12BrF3N2O3S/c21-14-6-7-17(27)12(9-14)11-25-15-3-1-2-4-18(15)30-19-8-5-13(20(22,23)24)10-16(19)26(28)29/h1-11,27H. The topological polar surface area (TPSA) is 75.7 Å². The Kier molecular flexibility index (Phi) is 6.47. The number of benzene rings is 3. The molecule has 0 spiro atoms. The molecule has 0 unspecified atom stereocenters. The second-order valence-corrected chi connectivity index (χ2v) is 7.97. The van der Waals surface area contributed by atoms with E-state index in [0.29, 0.717) is 22.2 Å². The molecule has 0 amide bonds. The summed E-state index contributed by atoms with van der Waals surface area (Å²) in [6.07, 6.45) is -3.25. The normalized spacial score (nSPS) is 11.7. The highest BCUT2D eigenvalue weighted by atomic mass is 79.9. The smallest absolute Gasteiger partial charge is 0.416 e. The van der Waals surface area contributed by atoms with E-state index in [2.05, 4.69) is 20.9 Å². The Morgan fingerprint density at radius 2 is 1.80 bits per heavy atom. The number of para-hydroxylation sites is 1. The lowest BCUT2D eigenvalue weighted by molar-refractivity contribution is -0.388. The molecule has 0 heterocycles. The van der Waals surface area contributed by atoms with Gasteiger partial charge in [-0.05, 0) is 42.5 Å². The number of hydrogen-bond acceptors (Lipinski definition) is 5. The minimum atomic E-state index is -4.68. The third kappa shape index (κ3) is 5.19. The van der Waals surface area contributed by atoms with Gasteiger partial charge in [0, 0.05) is 27.2 Å². The van der Waals surface area contributed by atoms with Gasteiger partial charge in [0.2, 0.25) is 0 Å². The maximum absolute atomic E-state index is 12.9. The maximum Gasteiger partial charge on any atom is 0.416 e. The first kappa shape index (κ1) is 21.8. The lowest BCUT2D eigenvalue weighted by Gasteiger charge is -2.10. The first-order chi connectivity index (χ1) is 14.1. The molecule has 30 heavy (non-hydrogen) atoms. The first-order valence-electron chi connectivity index (χ1n) is 8.30. The molecule has 0 saturated heterocycles. The van der Waals surface area contributed by atoms with Crippen LogP contribution in [0.25, 0.3) is 0 Å². The van der Waals surface area contributed by atoms with E-state index in [1.165, 1.54) is 12.3 Å². The van der Waals surface area contributed by atoms with Crippen molar-refractivity contribution in [3.63, 3.8) is 0 Å². The van der Waals surface area contributed by atoms with Gasteiger partial charge in [-0.15, -0.1) is 0 Å². The minimum absolute atomic E-state index is 0.0189. The Hall–Kier alpha value is -2.85. The van der Waals surface area contributed by atoms with Gasteiger partial charge in [-0.3, -0.25) is 15.1 Å². The number of aromatic hydroxyl groups is 1. The van der Waals surface area contributed by atoms with E-state index in [4.69, 9.17) is 0 Å². The van der Waals surface area contributed by atoms with E-state index in [-0.39, 0.29) is 10.6 Å². The van der Waals surface area contributed by atoms with Crippen molar-refractivity contribution in [1.82, 2.24) is 0 Å². The molecule has 0 fully saturated rings. The Morgan fingerprint density at radius 1 is 1.07 bits per heavy atom. The Morgan fingerprint density at radius 3 is 2.50 bits per heavy atom. The molecule has 0 radical (unpaired) electrons. The average molecular weight is 497 g/mol. The number of phenolic OH excluding ortho intramolecular Hbond substituents is 1. The van der Waals surface area contributed by atoms with Crippen molar-refractivity contribution in [2.24, 2.45) is 4.99 Å². The number of hydrogen-bond donors (Lipinski definition) is 1. The van der Waals surface area contributed by atoms with E-state index < -0.39 is 22.4 Å². The van der Waals surface area contributed by atoms with E-state index in [1.54, 1.807) is 36.4 Å². The van der Waals surface area contributed by atoms with Gasteiger partial charge in [-0.1, -0.05) is 39.8 Å². The van der Waals surface area contributed by atoms with Crippen LogP contribution in [0.15, 0.2) is 79.9 Å². The lowest BCUT2D eigenvalue weighted by atomic mass is 10.2. The summed E-state index contributed by atoms with van der Waals surface area (Å²) in [6, 6.07) is 13.9. The van der Waals surface area contributed by atoms with Gasteiger partial charge in [-0.2, -0.15) is 13.2 Å². The second kappa shape index (κ2) is 8.88. The summed E-state index contributed by atoms with van der Waals surface area (Å²) in [4.78, 5) is 15.4. The first-order valence-corrected chi connectivity index (χ1v) is 9.91. The van der Waals surface area contributed by atoms with E-state index in [1.807, 2.05) is 0 Å². The van der Waals surface area contributed by atoms with Crippen LogP contribution in [-0.4, -0.2) is 16.2 Å². The van der Waals surface area contributed by atoms with Gasteiger partial charge < -0.3 is 5.11 Å². The van der Waals surface area contributed by atoms with E-state index >= 15 is 0 Å². The molecule has 0 aliphatic rings. The predicted octanol–water partition coefficient (Wildman–Crippen LogP) is 6.98. The predicted molar refractivity (Wildman–Crippen MR) is 112 cm³/mol. The molecule has 0 aliphatic heterocycles. The maximum atomic E-state index is 12.9. The highest BCUT2D eigenvalue weighted by Crippen LogP contribution is 2.42. The molecule has 0 bridgehead atoms. The van der Waals surface area contributed by atoms with Gasteiger partial charge in [0.05, 0.1) is 21.1 Å². The number of alkyl halides is 3. The Balaban J connectivity index is 1.96. The fourth-order valence-electron chi connectivity index (χ4n) is 2.46. The molecule has 0 aromatic heterocycles. The van der Waals surface area contributed by atoms with Gasteiger partial charge >= 0.3 is 6.18 Å². The average Bonchev–Trinajstić information content (AvgIpc) is 2.69. The summed E-state index contributed by atoms with van der Waals surface area (Å²) in [6.45, 7) is 0. The molecule has 3 aromatic rings. The lowest BCUT2D eigenvalue weighted by Crippen LogP contribution is -2.05. The molecule has 3 aromatic carbocycles. The zero-order valence-corrected chi connectivity index (χ0v) is 17.3. The second-order valence-electron chi connectivity index (χ2n) is 5.97. The van der Waals surface area contributed by atoms with Crippen LogP contribution >= 0.6 is 27.7 Å². The van der Waals surface area contributed by atoms with Crippen molar-refractivity contribution in [3.8, 4) is 5.75 Å². The summed E-state index contributed by atoms with van der Waals surface area (Å²) >= 11 is 4.24. The zero-order valence-electron chi connectivity index (χ0n) is 14.9. The van der Waals surface area contributed by atoms with Crippen LogP contribution in [0, 0.1) is 10.1 Å². The number of aliphatic imine (C=N–C) groups is 1. The summed E-state index contributed by atoms with van der Waals surface area (Å²) in [7, 11) is 0. The molecule has 154 valence electrons. The third-order valence-corrected chi connectivity index (χ3v) is 5.52. The van der Waals surface area contributed by atoms with Gasteiger partial charge in [0.1, 0.15) is 5.75 Å². The monoisotopic (exact) mass is 496 g/mol. The molecule has 1 N–H and O–H groups in total. The van der Waals surface area contributed by atoms with Crippen LogP contribution in [0.3, 0.4) is 0 Å². The molecule has 0 atom stereocenters. The number of nitrogens with zero attached hydrogens (tertiary/aromatic N) is 2. The fourth-order valence-corrected chi connectivity index (χ4v) is 3.82. The van der Waals surface area contributed by atoms with Crippen molar-refractivity contribution in [3.05, 3.63) is 86.4 Å². The molecule has 3 rings (SSSR count). The van der Waals surface area contributed by atoms with E-state index in [9.17, 15) is 28.4 Å². The van der Waals surface area contributed by atoms with Crippen molar-refractivity contribution in [2.75, 3.05) is 0 Å². The zero-order chi connectivity index (χ0) is 21.9. The molecular weight excluding hydrogens is 485 g/mol.